The Balaban J connectivity index is 0.00000280. The Labute approximate surface area is 187 Å². The molecule has 0 fully saturated rings. The summed E-state index contributed by atoms with van der Waals surface area (Å²) in [5.41, 5.74) is 8.08. The summed E-state index contributed by atoms with van der Waals surface area (Å²) in [7, 11) is 1.58. The molecule has 0 aliphatic carbocycles. The van der Waals surface area contributed by atoms with Crippen molar-refractivity contribution in [3.63, 3.8) is 0 Å². The van der Waals surface area contributed by atoms with E-state index in [-0.39, 0.29) is 30.0 Å². The van der Waals surface area contributed by atoms with Gasteiger partial charge in [0.25, 0.3) is 0 Å². The second-order valence-electron chi connectivity index (χ2n) is 6.12. The molecule has 1 atom stereocenters. The van der Waals surface area contributed by atoms with Gasteiger partial charge in [-0.1, -0.05) is 29.8 Å². The van der Waals surface area contributed by atoms with Crippen molar-refractivity contribution in [2.24, 2.45) is 10.7 Å². The van der Waals surface area contributed by atoms with Gasteiger partial charge in [0.1, 0.15) is 5.75 Å². The van der Waals surface area contributed by atoms with Gasteiger partial charge in [0.2, 0.25) is 0 Å². The Kier molecular flexibility index (Phi) is 8.50. The molecule has 0 saturated carbocycles. The van der Waals surface area contributed by atoms with Crippen LogP contribution in [0.15, 0.2) is 41.4 Å². The van der Waals surface area contributed by atoms with Crippen LogP contribution in [0.4, 0.5) is 0 Å². The lowest BCUT2D eigenvalue weighted by molar-refractivity contribution is 0.262. The van der Waals surface area contributed by atoms with E-state index in [1.54, 1.807) is 7.11 Å². The maximum absolute atomic E-state index is 6.31. The highest BCUT2D eigenvalue weighted by atomic mass is 127. The van der Waals surface area contributed by atoms with Crippen LogP contribution < -0.4 is 25.3 Å². The van der Waals surface area contributed by atoms with Crippen molar-refractivity contribution in [1.82, 2.24) is 5.32 Å². The lowest BCUT2D eigenvalue weighted by atomic mass is 10.0. The molecule has 28 heavy (non-hydrogen) atoms. The highest BCUT2D eigenvalue weighted by Crippen LogP contribution is 2.36. The second kappa shape index (κ2) is 10.6. The number of ether oxygens (including phenoxy) is 3. The number of halogens is 2. The van der Waals surface area contributed by atoms with Gasteiger partial charge in [-0.05, 0) is 30.7 Å². The van der Waals surface area contributed by atoms with Gasteiger partial charge >= 0.3 is 0 Å². The van der Waals surface area contributed by atoms with Crippen LogP contribution in [-0.4, -0.2) is 26.3 Å². The van der Waals surface area contributed by atoms with Crippen molar-refractivity contribution in [3.05, 3.63) is 52.5 Å². The molecule has 0 spiro atoms. The molecule has 1 aliphatic heterocycles. The second-order valence-corrected chi connectivity index (χ2v) is 6.52. The van der Waals surface area contributed by atoms with E-state index in [9.17, 15) is 0 Å². The maximum atomic E-state index is 6.31. The highest BCUT2D eigenvalue weighted by molar-refractivity contribution is 14.0. The molecule has 8 heteroatoms. The number of hydrogen-bond acceptors (Lipinski definition) is 4. The highest BCUT2D eigenvalue weighted by Gasteiger charge is 2.21. The fraction of sp³-hybridized carbons (Fsp3) is 0.350. The van der Waals surface area contributed by atoms with Crippen molar-refractivity contribution in [1.29, 1.82) is 0 Å². The summed E-state index contributed by atoms with van der Waals surface area (Å²) in [6.07, 6.45) is 0.829. The zero-order valence-electron chi connectivity index (χ0n) is 15.9. The third-order valence-electron chi connectivity index (χ3n) is 4.29. The quantitative estimate of drug-likeness (QED) is 0.340. The van der Waals surface area contributed by atoms with E-state index in [1.807, 2.05) is 43.3 Å². The molecule has 0 aromatic heterocycles. The number of guanidine groups is 1. The first-order valence-corrected chi connectivity index (χ1v) is 9.27. The maximum Gasteiger partial charge on any atom is 0.189 e. The summed E-state index contributed by atoms with van der Waals surface area (Å²) in [6.45, 7) is 3.44. The van der Waals surface area contributed by atoms with Gasteiger partial charge in [0.15, 0.2) is 17.5 Å². The Morgan fingerprint density at radius 2 is 2.14 bits per heavy atom. The van der Waals surface area contributed by atoms with Gasteiger partial charge in [-0.2, -0.15) is 0 Å². The molecule has 2 aromatic rings. The number of fused-ring (bicyclic) bond motifs is 1. The third-order valence-corrected chi connectivity index (χ3v) is 4.57. The van der Waals surface area contributed by atoms with E-state index in [2.05, 4.69) is 10.3 Å². The van der Waals surface area contributed by atoms with Gasteiger partial charge in [-0.25, -0.2) is 4.99 Å². The molecule has 2 aromatic carbocycles. The van der Waals surface area contributed by atoms with Crippen molar-refractivity contribution in [2.75, 3.05) is 20.3 Å². The standard InChI is InChI=1S/C20H24ClN3O3.HI/c1-3-26-19-15(21)10-13(11-18(19)25-2)12-23-20(22)24-16-8-9-27-17-7-5-4-6-14(16)17;/h4-7,10-11,16H,3,8-9,12H2,1-2H3,(H3,22,23,24);1H. The lowest BCUT2D eigenvalue weighted by Crippen LogP contribution is -2.37. The molecule has 0 amide bonds. The van der Waals surface area contributed by atoms with Crippen LogP contribution in [-0.2, 0) is 6.54 Å². The van der Waals surface area contributed by atoms with Crippen molar-refractivity contribution in [2.45, 2.75) is 25.9 Å². The topological polar surface area (TPSA) is 78.1 Å². The van der Waals surface area contributed by atoms with Crippen molar-refractivity contribution < 1.29 is 14.2 Å². The van der Waals surface area contributed by atoms with Crippen LogP contribution in [0.25, 0.3) is 0 Å². The Bertz CT molecular complexity index is 832. The van der Waals surface area contributed by atoms with Gasteiger partial charge in [0.05, 0.1) is 37.9 Å². The molecular weight excluding hydrogens is 493 g/mol. The zero-order valence-corrected chi connectivity index (χ0v) is 19.0. The largest absolute Gasteiger partial charge is 0.493 e. The minimum Gasteiger partial charge on any atom is -0.493 e. The van der Waals surface area contributed by atoms with Gasteiger partial charge < -0.3 is 25.3 Å². The Morgan fingerprint density at radius 3 is 2.89 bits per heavy atom. The molecule has 1 heterocycles. The summed E-state index contributed by atoms with van der Waals surface area (Å²) < 4.78 is 16.6. The first-order chi connectivity index (χ1) is 13.1. The summed E-state index contributed by atoms with van der Waals surface area (Å²) in [5, 5.41) is 3.77. The van der Waals surface area contributed by atoms with Crippen LogP contribution in [0.2, 0.25) is 5.02 Å². The minimum absolute atomic E-state index is 0. The summed E-state index contributed by atoms with van der Waals surface area (Å²) in [6, 6.07) is 11.7. The molecule has 152 valence electrons. The van der Waals surface area contributed by atoms with Crippen molar-refractivity contribution in [3.8, 4) is 17.2 Å². The third kappa shape index (κ3) is 5.35. The molecule has 0 bridgehead atoms. The number of benzene rings is 2. The van der Waals surface area contributed by atoms with E-state index in [1.165, 1.54) is 0 Å². The fourth-order valence-corrected chi connectivity index (χ4v) is 3.33. The lowest BCUT2D eigenvalue weighted by Gasteiger charge is -2.26. The average molecular weight is 518 g/mol. The number of aliphatic imine (C=N–C) groups is 1. The molecule has 3 N–H and O–H groups in total. The van der Waals surface area contributed by atoms with Crippen LogP contribution >= 0.6 is 35.6 Å². The average Bonchev–Trinajstić information content (AvgIpc) is 2.68. The molecular formula is C20H25ClIN3O3. The summed E-state index contributed by atoms with van der Waals surface area (Å²) >= 11 is 6.31. The SMILES string of the molecule is CCOc1c(Cl)cc(CN=C(N)NC2CCOc3ccccc32)cc1OC.I. The molecule has 3 rings (SSSR count). The van der Waals surface area contributed by atoms with E-state index in [0.717, 1.165) is 23.3 Å². The number of methoxy groups -OCH3 is 1. The number of nitrogens with one attached hydrogen (secondary N) is 1. The normalized spacial score (nSPS) is 15.7. The molecule has 0 saturated heterocycles. The first-order valence-electron chi connectivity index (χ1n) is 8.89. The summed E-state index contributed by atoms with van der Waals surface area (Å²) in [4.78, 5) is 4.44. The van der Waals surface area contributed by atoms with E-state index < -0.39 is 0 Å². The van der Waals surface area contributed by atoms with E-state index >= 15 is 0 Å². The molecule has 1 unspecified atom stereocenters. The van der Waals surface area contributed by atoms with Gasteiger partial charge in [-0.15, -0.1) is 24.0 Å². The zero-order chi connectivity index (χ0) is 19.2. The predicted octanol–water partition coefficient (Wildman–Crippen LogP) is 4.29. The van der Waals surface area contributed by atoms with E-state index in [0.29, 0.717) is 42.2 Å². The molecule has 6 nitrogen and oxygen atoms in total. The Morgan fingerprint density at radius 1 is 1.36 bits per heavy atom. The van der Waals surface area contributed by atoms with Crippen LogP contribution in [0.5, 0.6) is 17.2 Å². The molecule has 1 aliphatic rings. The van der Waals surface area contributed by atoms with Crippen molar-refractivity contribution >= 4 is 41.5 Å². The fourth-order valence-electron chi connectivity index (χ4n) is 3.04. The predicted molar refractivity (Wildman–Crippen MR) is 122 cm³/mol. The van der Waals surface area contributed by atoms with Crippen LogP contribution in [0, 0.1) is 0 Å². The number of para-hydroxylation sites is 1. The number of nitrogens with two attached hydrogens (primary N) is 1. The number of nitrogens with zero attached hydrogens (tertiary/aromatic N) is 1. The number of rotatable bonds is 6. The molecule has 0 radical (unpaired) electrons. The van der Waals surface area contributed by atoms with Crippen LogP contribution in [0.1, 0.15) is 30.5 Å². The van der Waals surface area contributed by atoms with Gasteiger partial charge in [0, 0.05) is 12.0 Å². The number of hydrogen-bond donors (Lipinski definition) is 2. The summed E-state index contributed by atoms with van der Waals surface area (Å²) in [5.74, 6) is 2.39. The smallest absolute Gasteiger partial charge is 0.189 e. The first kappa shape index (κ1) is 22.4. The van der Waals surface area contributed by atoms with Crippen LogP contribution in [0.3, 0.4) is 0 Å². The minimum atomic E-state index is 0. The monoisotopic (exact) mass is 517 g/mol. The van der Waals surface area contributed by atoms with E-state index in [4.69, 9.17) is 31.5 Å². The van der Waals surface area contributed by atoms with Gasteiger partial charge in [-0.3, -0.25) is 0 Å². The Hall–Kier alpha value is -1.87.